The third-order valence-electron chi connectivity index (χ3n) is 6.10. The van der Waals surface area contributed by atoms with Crippen molar-refractivity contribution in [3.05, 3.63) is 89.5 Å². The van der Waals surface area contributed by atoms with Gasteiger partial charge in [0.15, 0.2) is 0 Å². The number of hydrogen-bond donors (Lipinski definition) is 0. The van der Waals surface area contributed by atoms with Crippen LogP contribution in [0.4, 0.5) is 0 Å². The van der Waals surface area contributed by atoms with Crippen LogP contribution >= 0.6 is 0 Å². The molecule has 164 valence electrons. The van der Waals surface area contributed by atoms with Gasteiger partial charge in [0.1, 0.15) is 0 Å². The van der Waals surface area contributed by atoms with Crippen molar-refractivity contribution in [3.63, 3.8) is 0 Å². The zero-order chi connectivity index (χ0) is 21.9. The van der Waals surface area contributed by atoms with Crippen LogP contribution in [-0.4, -0.2) is 14.7 Å². The zero-order valence-electron chi connectivity index (χ0n) is 19.7. The predicted molar refractivity (Wildman–Crippen MR) is 140 cm³/mol. The summed E-state index contributed by atoms with van der Waals surface area (Å²) in [4.78, 5) is 0. The topological polar surface area (TPSA) is 0 Å². The van der Waals surface area contributed by atoms with E-state index in [4.69, 9.17) is 0 Å². The normalized spacial score (nSPS) is 11.2. The molecule has 0 aliphatic carbocycles. The Labute approximate surface area is 195 Å². The van der Waals surface area contributed by atoms with Gasteiger partial charge in [-0.1, -0.05) is 0 Å². The number of benzene rings is 3. The van der Waals surface area contributed by atoms with Crippen LogP contribution in [0.25, 0.3) is 0 Å². The monoisotopic (exact) mass is 474 g/mol. The van der Waals surface area contributed by atoms with Crippen molar-refractivity contribution in [3.8, 4) is 0 Å². The van der Waals surface area contributed by atoms with Gasteiger partial charge in [-0.25, -0.2) is 0 Å². The second kappa shape index (κ2) is 12.9. The first-order valence-corrected chi connectivity index (χ1v) is 15.1. The molecule has 0 atom stereocenters. The van der Waals surface area contributed by atoms with Gasteiger partial charge in [0.2, 0.25) is 0 Å². The molecule has 0 heterocycles. The first kappa shape index (κ1) is 23.9. The molecular weight excluding hydrogens is 435 g/mol. The third kappa shape index (κ3) is 6.36. The van der Waals surface area contributed by atoms with Gasteiger partial charge in [0, 0.05) is 0 Å². The molecule has 0 aromatic heterocycles. The molecule has 0 aliphatic heterocycles. The molecule has 3 rings (SSSR count). The molecule has 0 bridgehead atoms. The fourth-order valence-corrected chi connectivity index (χ4v) is 10.4. The van der Waals surface area contributed by atoms with E-state index in [1.807, 2.05) is 0 Å². The summed E-state index contributed by atoms with van der Waals surface area (Å²) < 4.78 is 4.95. The SMILES string of the molecule is CCCCc1ccccc1[As](c1ccccc1CCCC)c1ccccc1CCCC. The summed E-state index contributed by atoms with van der Waals surface area (Å²) >= 11 is -1.65. The van der Waals surface area contributed by atoms with E-state index in [0.29, 0.717) is 0 Å². The predicted octanol–water partition coefficient (Wildman–Crippen LogP) is 6.23. The van der Waals surface area contributed by atoms with Crippen molar-refractivity contribution >= 4 is 27.7 Å². The Morgan fingerprint density at radius 3 is 1.03 bits per heavy atom. The minimum atomic E-state index is -1.65. The van der Waals surface area contributed by atoms with E-state index in [2.05, 4.69) is 93.6 Å². The van der Waals surface area contributed by atoms with E-state index in [1.165, 1.54) is 57.8 Å². The molecule has 0 spiro atoms. The molecule has 0 aliphatic rings. The Bertz CT molecular complexity index is 805. The Hall–Kier alpha value is -1.78. The summed E-state index contributed by atoms with van der Waals surface area (Å²) in [6, 6.07) is 28.1. The van der Waals surface area contributed by atoms with Crippen molar-refractivity contribution < 1.29 is 0 Å². The van der Waals surface area contributed by atoms with Crippen LogP contribution in [0, 0.1) is 0 Å². The molecular formula is C30H39As. The van der Waals surface area contributed by atoms with E-state index in [9.17, 15) is 0 Å². The second-order valence-corrected chi connectivity index (χ2v) is 13.0. The van der Waals surface area contributed by atoms with Crippen molar-refractivity contribution in [2.24, 2.45) is 0 Å². The summed E-state index contributed by atoms with van der Waals surface area (Å²) in [6.07, 6.45) is 11.2. The first-order valence-electron chi connectivity index (χ1n) is 12.3. The van der Waals surface area contributed by atoms with Crippen molar-refractivity contribution in [1.29, 1.82) is 0 Å². The van der Waals surface area contributed by atoms with Gasteiger partial charge >= 0.3 is 196 Å². The van der Waals surface area contributed by atoms with Crippen LogP contribution in [0.2, 0.25) is 0 Å². The van der Waals surface area contributed by atoms with Gasteiger partial charge < -0.3 is 0 Å². The number of hydrogen-bond acceptors (Lipinski definition) is 0. The van der Waals surface area contributed by atoms with E-state index in [1.54, 1.807) is 29.7 Å². The van der Waals surface area contributed by atoms with Crippen LogP contribution in [0.1, 0.15) is 76.0 Å². The van der Waals surface area contributed by atoms with Gasteiger partial charge in [-0.15, -0.1) is 0 Å². The summed E-state index contributed by atoms with van der Waals surface area (Å²) in [7, 11) is 0. The standard InChI is InChI=1S/C30H39As/c1-4-7-16-25-19-10-13-22-28(25)31(29-23-14-11-20-26(29)17-8-5-2)30-24-15-12-21-27(30)18-9-6-3/h10-15,19-24H,4-9,16-18H2,1-3H3. The van der Waals surface area contributed by atoms with E-state index >= 15 is 0 Å². The zero-order valence-corrected chi connectivity index (χ0v) is 21.6. The fraction of sp³-hybridized carbons (Fsp3) is 0.400. The van der Waals surface area contributed by atoms with E-state index < -0.39 is 14.7 Å². The Kier molecular flexibility index (Phi) is 9.95. The summed E-state index contributed by atoms with van der Waals surface area (Å²) in [6.45, 7) is 6.91. The van der Waals surface area contributed by atoms with Gasteiger partial charge in [-0.2, -0.15) is 0 Å². The molecule has 0 saturated carbocycles. The van der Waals surface area contributed by atoms with Gasteiger partial charge in [-0.3, -0.25) is 0 Å². The first-order chi connectivity index (χ1) is 15.3. The molecule has 1 heteroatoms. The molecule has 3 aromatic carbocycles. The Balaban J connectivity index is 2.18. The van der Waals surface area contributed by atoms with Crippen LogP contribution in [0.5, 0.6) is 0 Å². The van der Waals surface area contributed by atoms with Crippen LogP contribution in [0.3, 0.4) is 0 Å². The minimum absolute atomic E-state index is 1.20. The number of unbranched alkanes of at least 4 members (excludes halogenated alkanes) is 3. The number of rotatable bonds is 12. The summed E-state index contributed by atoms with van der Waals surface area (Å²) in [5.41, 5.74) is 4.75. The van der Waals surface area contributed by atoms with Crippen molar-refractivity contribution in [2.75, 3.05) is 0 Å². The van der Waals surface area contributed by atoms with E-state index in [-0.39, 0.29) is 0 Å². The summed E-state index contributed by atoms with van der Waals surface area (Å²) in [5, 5.41) is 0. The van der Waals surface area contributed by atoms with Crippen LogP contribution in [-0.2, 0) is 19.3 Å². The molecule has 0 N–H and O–H groups in total. The molecule has 0 radical (unpaired) electrons. The summed E-state index contributed by atoms with van der Waals surface area (Å²) in [5.74, 6) is 0. The van der Waals surface area contributed by atoms with E-state index in [0.717, 1.165) is 0 Å². The molecule has 0 saturated heterocycles. The Morgan fingerprint density at radius 2 is 0.742 bits per heavy atom. The Morgan fingerprint density at radius 1 is 0.452 bits per heavy atom. The number of aryl methyl sites for hydroxylation is 3. The average Bonchev–Trinajstić information content (AvgIpc) is 2.82. The molecule has 0 unspecified atom stereocenters. The van der Waals surface area contributed by atoms with Crippen LogP contribution in [0.15, 0.2) is 72.8 Å². The molecule has 3 aromatic rings. The third-order valence-corrected chi connectivity index (χ3v) is 11.9. The van der Waals surface area contributed by atoms with Crippen molar-refractivity contribution in [2.45, 2.75) is 78.6 Å². The molecule has 0 nitrogen and oxygen atoms in total. The fourth-order valence-electron chi connectivity index (χ4n) is 4.31. The van der Waals surface area contributed by atoms with Gasteiger partial charge in [0.25, 0.3) is 0 Å². The quantitative estimate of drug-likeness (QED) is 0.273. The molecule has 0 fully saturated rings. The average molecular weight is 475 g/mol. The maximum absolute atomic E-state index is 2.46. The van der Waals surface area contributed by atoms with Gasteiger partial charge in [0.05, 0.1) is 0 Å². The molecule has 0 amide bonds. The van der Waals surface area contributed by atoms with Crippen LogP contribution < -0.4 is 13.1 Å². The molecule has 31 heavy (non-hydrogen) atoms. The van der Waals surface area contributed by atoms with Gasteiger partial charge in [-0.05, 0) is 0 Å². The second-order valence-electron chi connectivity index (χ2n) is 8.53. The maximum atomic E-state index is 2.46. The van der Waals surface area contributed by atoms with Crippen molar-refractivity contribution in [1.82, 2.24) is 0 Å².